The Morgan fingerprint density at radius 2 is 1.94 bits per heavy atom. The van der Waals surface area contributed by atoms with Gasteiger partial charge in [0.1, 0.15) is 0 Å². The molecule has 3 aromatic heterocycles. The lowest BCUT2D eigenvalue weighted by molar-refractivity contribution is 0.583. The first-order valence-electron chi connectivity index (χ1n) is 10.9. The predicted octanol–water partition coefficient (Wildman–Crippen LogP) is 1.84. The summed E-state index contributed by atoms with van der Waals surface area (Å²) in [6.45, 7) is 2.03. The topological polar surface area (TPSA) is 133 Å². The van der Waals surface area contributed by atoms with Crippen molar-refractivity contribution in [2.45, 2.75) is 37.8 Å². The highest BCUT2D eigenvalue weighted by Gasteiger charge is 2.47. The number of benzene rings is 1. The number of nitrogens with zero attached hydrogens (tertiary/aromatic N) is 6. The summed E-state index contributed by atoms with van der Waals surface area (Å²) in [6.07, 6.45) is 6.12. The molecule has 1 fully saturated rings. The van der Waals surface area contributed by atoms with Gasteiger partial charge in [0, 0.05) is 29.9 Å². The summed E-state index contributed by atoms with van der Waals surface area (Å²) < 4.78 is 30.3. The molecule has 4 aromatic rings. The Labute approximate surface area is 204 Å². The molecule has 0 bridgehead atoms. The van der Waals surface area contributed by atoms with Crippen molar-refractivity contribution in [1.82, 2.24) is 23.9 Å². The first kappa shape index (κ1) is 23.2. The minimum atomic E-state index is -3.80. The summed E-state index contributed by atoms with van der Waals surface area (Å²) in [5.74, 6) is -0.286. The maximum absolute atomic E-state index is 13.5. The van der Waals surface area contributed by atoms with Crippen LogP contribution in [0.25, 0.3) is 10.9 Å². The monoisotopic (exact) mass is 510 g/mol. The lowest BCUT2D eigenvalue weighted by Crippen LogP contribution is -2.40. The Bertz CT molecular complexity index is 1730. The van der Waals surface area contributed by atoms with E-state index in [4.69, 9.17) is 0 Å². The molecule has 180 valence electrons. The van der Waals surface area contributed by atoms with E-state index in [1.54, 1.807) is 30.3 Å². The Morgan fingerprint density at radius 3 is 2.54 bits per heavy atom. The molecule has 0 saturated heterocycles. The Hall–Kier alpha value is -3.56. The fourth-order valence-corrected chi connectivity index (χ4v) is 6.75. The number of rotatable bonds is 7. The third-order valence-corrected chi connectivity index (χ3v) is 9.00. The van der Waals surface area contributed by atoms with Crippen LogP contribution in [0.1, 0.15) is 28.3 Å². The SMILES string of the molecule is Cc1ncc(Cn2c(=O)c3cc(S(=O)(=O)CC4(C#N)CC4)ccc3n(Cc3cnn(C)c3)c2=O)s1. The molecule has 0 atom stereocenters. The second-order valence-corrected chi connectivity index (χ2v) is 12.3. The lowest BCUT2D eigenvalue weighted by atomic mass is 10.2. The summed E-state index contributed by atoms with van der Waals surface area (Å²) in [7, 11) is -2.04. The largest absolute Gasteiger partial charge is 0.332 e. The quantitative estimate of drug-likeness (QED) is 0.370. The van der Waals surface area contributed by atoms with Crippen LogP contribution in [0.15, 0.2) is 51.3 Å². The van der Waals surface area contributed by atoms with E-state index in [0.29, 0.717) is 18.4 Å². The van der Waals surface area contributed by atoms with E-state index in [1.165, 1.54) is 34.1 Å². The van der Waals surface area contributed by atoms with Gasteiger partial charge in [0.2, 0.25) is 0 Å². The predicted molar refractivity (Wildman–Crippen MR) is 130 cm³/mol. The molecule has 1 aromatic carbocycles. The van der Waals surface area contributed by atoms with Gasteiger partial charge in [-0.05, 0) is 38.0 Å². The third-order valence-electron chi connectivity index (χ3n) is 6.19. The molecular formula is C23H22N6O4S2. The smallest absolute Gasteiger partial charge is 0.289 e. The minimum Gasteiger partial charge on any atom is -0.289 e. The molecule has 0 N–H and O–H groups in total. The number of hydrogen-bond donors (Lipinski definition) is 0. The Kier molecular flexibility index (Phi) is 5.49. The second-order valence-electron chi connectivity index (χ2n) is 8.96. The summed E-state index contributed by atoms with van der Waals surface area (Å²) in [5, 5.41) is 14.4. The van der Waals surface area contributed by atoms with Crippen molar-refractivity contribution in [3.8, 4) is 6.07 Å². The van der Waals surface area contributed by atoms with Crippen LogP contribution in [-0.2, 0) is 30.0 Å². The van der Waals surface area contributed by atoms with Gasteiger partial charge < -0.3 is 0 Å². The number of aromatic nitrogens is 5. The van der Waals surface area contributed by atoms with Crippen molar-refractivity contribution in [3.05, 3.63) is 73.1 Å². The van der Waals surface area contributed by atoms with Crippen molar-refractivity contribution in [3.63, 3.8) is 0 Å². The first-order chi connectivity index (χ1) is 16.6. The number of nitriles is 1. The molecule has 0 amide bonds. The molecule has 5 rings (SSSR count). The highest BCUT2D eigenvalue weighted by molar-refractivity contribution is 7.91. The third kappa shape index (κ3) is 4.33. The summed E-state index contributed by atoms with van der Waals surface area (Å²) in [6, 6.07) is 6.33. The molecule has 0 spiro atoms. The van der Waals surface area contributed by atoms with E-state index in [9.17, 15) is 23.3 Å². The van der Waals surface area contributed by atoms with Crippen molar-refractivity contribution < 1.29 is 8.42 Å². The van der Waals surface area contributed by atoms with Gasteiger partial charge in [-0.15, -0.1) is 11.3 Å². The fraction of sp³-hybridized carbons (Fsp3) is 0.348. The number of thiazole rings is 1. The molecule has 10 nitrogen and oxygen atoms in total. The van der Waals surface area contributed by atoms with Crippen LogP contribution in [0.3, 0.4) is 0 Å². The van der Waals surface area contributed by atoms with Crippen molar-refractivity contribution in [1.29, 1.82) is 5.26 Å². The molecule has 35 heavy (non-hydrogen) atoms. The van der Waals surface area contributed by atoms with Crippen LogP contribution in [0.5, 0.6) is 0 Å². The minimum absolute atomic E-state index is 0.0284. The van der Waals surface area contributed by atoms with Crippen molar-refractivity contribution in [2.75, 3.05) is 5.75 Å². The molecule has 3 heterocycles. The van der Waals surface area contributed by atoms with Gasteiger partial charge in [-0.2, -0.15) is 10.4 Å². The molecule has 1 saturated carbocycles. The van der Waals surface area contributed by atoms with Crippen LogP contribution in [0.4, 0.5) is 0 Å². The van der Waals surface area contributed by atoms with Gasteiger partial charge in [-0.3, -0.25) is 18.6 Å². The lowest BCUT2D eigenvalue weighted by Gasteiger charge is -2.15. The Morgan fingerprint density at radius 1 is 1.17 bits per heavy atom. The van der Waals surface area contributed by atoms with Crippen molar-refractivity contribution in [2.24, 2.45) is 12.5 Å². The zero-order valence-electron chi connectivity index (χ0n) is 19.1. The van der Waals surface area contributed by atoms with Crippen LogP contribution >= 0.6 is 11.3 Å². The summed E-state index contributed by atoms with van der Waals surface area (Å²) >= 11 is 1.38. The first-order valence-corrected chi connectivity index (χ1v) is 13.4. The normalized spacial score (nSPS) is 14.8. The molecule has 0 radical (unpaired) electrons. The summed E-state index contributed by atoms with van der Waals surface area (Å²) in [5.41, 5.74) is -0.833. The van der Waals surface area contributed by atoms with E-state index in [1.807, 2.05) is 6.92 Å². The van der Waals surface area contributed by atoms with Crippen LogP contribution in [0, 0.1) is 23.7 Å². The van der Waals surface area contributed by atoms with Crippen LogP contribution < -0.4 is 11.2 Å². The van der Waals surface area contributed by atoms with Crippen molar-refractivity contribution >= 4 is 32.1 Å². The highest BCUT2D eigenvalue weighted by atomic mass is 32.2. The number of sulfone groups is 1. The Balaban J connectivity index is 1.69. The van der Waals surface area contributed by atoms with Gasteiger partial charge >= 0.3 is 5.69 Å². The van der Waals surface area contributed by atoms with E-state index < -0.39 is 26.5 Å². The van der Waals surface area contributed by atoms with E-state index in [-0.39, 0.29) is 29.1 Å². The molecule has 1 aliphatic rings. The molecular weight excluding hydrogens is 488 g/mol. The maximum atomic E-state index is 13.5. The van der Waals surface area contributed by atoms with E-state index in [2.05, 4.69) is 16.2 Å². The van der Waals surface area contributed by atoms with Crippen LogP contribution in [-0.4, -0.2) is 38.1 Å². The fourth-order valence-electron chi connectivity index (χ4n) is 4.15. The maximum Gasteiger partial charge on any atom is 0.332 e. The van der Waals surface area contributed by atoms with Gasteiger partial charge in [0.05, 0.1) is 57.3 Å². The average Bonchev–Trinajstić information content (AvgIpc) is 3.26. The second kappa shape index (κ2) is 8.28. The number of fused-ring (bicyclic) bond motifs is 1. The number of aryl methyl sites for hydroxylation is 2. The highest BCUT2D eigenvalue weighted by Crippen LogP contribution is 2.46. The molecule has 1 aliphatic carbocycles. The van der Waals surface area contributed by atoms with E-state index in [0.717, 1.165) is 20.0 Å². The number of hydrogen-bond acceptors (Lipinski definition) is 8. The van der Waals surface area contributed by atoms with Gasteiger partial charge in [0.25, 0.3) is 5.56 Å². The van der Waals surface area contributed by atoms with Crippen LogP contribution in [0.2, 0.25) is 0 Å². The van der Waals surface area contributed by atoms with E-state index >= 15 is 0 Å². The molecule has 0 unspecified atom stereocenters. The van der Waals surface area contributed by atoms with Gasteiger partial charge in [0.15, 0.2) is 9.84 Å². The van der Waals surface area contributed by atoms with Gasteiger partial charge in [-0.1, -0.05) is 0 Å². The standard InChI is InChI=1S/C23H22N6O4S2/c1-15-25-9-17(34-15)12-29-21(30)19-7-18(35(32,33)14-23(13-24)5-6-23)3-4-20(19)28(22(29)31)11-16-8-26-27(2)10-16/h3-4,7-10H,5-6,11-12,14H2,1-2H3. The zero-order chi connectivity index (χ0) is 25.0. The summed E-state index contributed by atoms with van der Waals surface area (Å²) in [4.78, 5) is 31.8. The average molecular weight is 511 g/mol. The zero-order valence-corrected chi connectivity index (χ0v) is 20.8. The molecule has 0 aliphatic heterocycles. The van der Waals surface area contributed by atoms with Gasteiger partial charge in [-0.25, -0.2) is 18.2 Å². The molecule has 12 heteroatoms.